The Morgan fingerprint density at radius 2 is 2.00 bits per heavy atom. The van der Waals surface area contributed by atoms with E-state index in [1.165, 1.54) is 18.4 Å². The Kier molecular flexibility index (Phi) is 4.65. The second-order valence-corrected chi connectivity index (χ2v) is 4.68. The number of hydrogen-bond donors (Lipinski definition) is 2. The van der Waals surface area contributed by atoms with Crippen LogP contribution in [-0.2, 0) is 4.79 Å². The summed E-state index contributed by atoms with van der Waals surface area (Å²) >= 11 is 11.7. The molecule has 0 aliphatic heterocycles. The van der Waals surface area contributed by atoms with Gasteiger partial charge in [-0.1, -0.05) is 23.2 Å². The van der Waals surface area contributed by atoms with Gasteiger partial charge >= 0.3 is 0 Å². The van der Waals surface area contributed by atoms with Crippen LogP contribution in [0.2, 0.25) is 10.0 Å². The van der Waals surface area contributed by atoms with Crippen LogP contribution in [0.3, 0.4) is 0 Å². The zero-order chi connectivity index (χ0) is 14.5. The second-order valence-electron chi connectivity index (χ2n) is 3.83. The maximum absolute atomic E-state index is 11.7. The first-order chi connectivity index (χ1) is 9.56. The quantitative estimate of drug-likeness (QED) is 0.911. The molecule has 104 valence electrons. The summed E-state index contributed by atoms with van der Waals surface area (Å²) in [6.07, 6.45) is 1.38. The zero-order valence-corrected chi connectivity index (χ0v) is 11.7. The van der Waals surface area contributed by atoms with Gasteiger partial charge in [0.25, 0.3) is 5.91 Å². The minimum Gasteiger partial charge on any atom is -0.459 e. The number of hydrogen-bond acceptors (Lipinski definition) is 3. The number of furan rings is 1. The third-order valence-electron chi connectivity index (χ3n) is 2.36. The molecule has 1 heterocycles. The van der Waals surface area contributed by atoms with Gasteiger partial charge in [-0.15, -0.1) is 0 Å². The average Bonchev–Trinajstić information content (AvgIpc) is 2.93. The lowest BCUT2D eigenvalue weighted by atomic mass is 10.3. The van der Waals surface area contributed by atoms with Crippen molar-refractivity contribution < 1.29 is 14.0 Å². The van der Waals surface area contributed by atoms with E-state index in [1.807, 2.05) is 0 Å². The van der Waals surface area contributed by atoms with E-state index in [2.05, 4.69) is 10.6 Å². The summed E-state index contributed by atoms with van der Waals surface area (Å²) in [6, 6.07) is 7.79. The number of halogens is 2. The summed E-state index contributed by atoms with van der Waals surface area (Å²) < 4.78 is 4.90. The Morgan fingerprint density at radius 3 is 2.65 bits per heavy atom. The lowest BCUT2D eigenvalue weighted by Gasteiger charge is -2.08. The lowest BCUT2D eigenvalue weighted by Crippen LogP contribution is -2.32. The number of amides is 2. The number of carbonyl (C=O) groups is 2. The van der Waals surface area contributed by atoms with E-state index in [0.717, 1.165) is 0 Å². The molecule has 0 radical (unpaired) electrons. The highest BCUT2D eigenvalue weighted by molar-refractivity contribution is 6.36. The summed E-state index contributed by atoms with van der Waals surface area (Å²) in [6.45, 7) is -0.196. The number of rotatable bonds is 4. The van der Waals surface area contributed by atoms with Gasteiger partial charge in [0.05, 0.1) is 23.5 Å². The predicted octanol–water partition coefficient (Wildman–Crippen LogP) is 2.95. The molecule has 0 unspecified atom stereocenters. The smallest absolute Gasteiger partial charge is 0.287 e. The topological polar surface area (TPSA) is 71.3 Å². The van der Waals surface area contributed by atoms with Gasteiger partial charge in [0.1, 0.15) is 0 Å². The minimum atomic E-state index is -0.465. The fraction of sp³-hybridized carbons (Fsp3) is 0.0769. The molecule has 1 aromatic heterocycles. The summed E-state index contributed by atoms with van der Waals surface area (Å²) in [7, 11) is 0. The van der Waals surface area contributed by atoms with Crippen LogP contribution in [0.5, 0.6) is 0 Å². The molecule has 0 atom stereocenters. The van der Waals surface area contributed by atoms with E-state index in [0.29, 0.717) is 15.7 Å². The minimum absolute atomic E-state index is 0.141. The van der Waals surface area contributed by atoms with Crippen molar-refractivity contribution in [2.24, 2.45) is 0 Å². The molecule has 0 aliphatic rings. The van der Waals surface area contributed by atoms with Crippen LogP contribution in [0, 0.1) is 0 Å². The number of benzene rings is 1. The highest BCUT2D eigenvalue weighted by Crippen LogP contribution is 2.25. The number of carbonyl (C=O) groups excluding carboxylic acids is 2. The van der Waals surface area contributed by atoms with Crippen LogP contribution in [0.4, 0.5) is 5.69 Å². The SMILES string of the molecule is O=C(CNC(=O)c1ccco1)Nc1ccc(Cl)cc1Cl. The van der Waals surface area contributed by atoms with Gasteiger partial charge in [-0.2, -0.15) is 0 Å². The molecule has 5 nitrogen and oxygen atoms in total. The summed E-state index contributed by atoms with van der Waals surface area (Å²) in [5, 5.41) is 5.78. The molecule has 2 rings (SSSR count). The molecule has 0 saturated heterocycles. The van der Waals surface area contributed by atoms with Crippen LogP contribution in [0.1, 0.15) is 10.6 Å². The van der Waals surface area contributed by atoms with E-state index in [4.69, 9.17) is 27.6 Å². The number of nitrogens with one attached hydrogen (secondary N) is 2. The van der Waals surface area contributed by atoms with Crippen molar-refractivity contribution in [2.75, 3.05) is 11.9 Å². The molecule has 2 N–H and O–H groups in total. The zero-order valence-electron chi connectivity index (χ0n) is 10.2. The Hall–Kier alpha value is -1.98. The Morgan fingerprint density at radius 1 is 1.20 bits per heavy atom. The fourth-order valence-corrected chi connectivity index (χ4v) is 1.90. The second kappa shape index (κ2) is 6.45. The van der Waals surface area contributed by atoms with E-state index in [9.17, 15) is 9.59 Å². The third-order valence-corrected chi connectivity index (χ3v) is 2.91. The maximum atomic E-state index is 11.7. The van der Waals surface area contributed by atoms with Gasteiger partial charge in [0.15, 0.2) is 5.76 Å². The first-order valence-electron chi connectivity index (χ1n) is 5.63. The summed E-state index contributed by atoms with van der Waals surface area (Å²) in [4.78, 5) is 23.2. The molecule has 0 bridgehead atoms. The molecule has 0 spiro atoms. The maximum Gasteiger partial charge on any atom is 0.287 e. The monoisotopic (exact) mass is 312 g/mol. The van der Waals surface area contributed by atoms with E-state index in [1.54, 1.807) is 18.2 Å². The Bertz CT molecular complexity index is 627. The standard InChI is InChI=1S/C13H10Cl2N2O3/c14-8-3-4-10(9(15)6-8)17-12(18)7-16-13(19)11-2-1-5-20-11/h1-6H,7H2,(H,16,19)(H,17,18). The van der Waals surface area contributed by atoms with Crippen LogP contribution >= 0.6 is 23.2 Å². The molecular weight excluding hydrogens is 303 g/mol. The van der Waals surface area contributed by atoms with Crippen molar-refractivity contribution in [3.8, 4) is 0 Å². The Balaban J connectivity index is 1.88. The predicted molar refractivity (Wildman–Crippen MR) is 76.1 cm³/mol. The van der Waals surface area contributed by atoms with Gasteiger partial charge in [-0.25, -0.2) is 0 Å². The first-order valence-corrected chi connectivity index (χ1v) is 6.38. The normalized spacial score (nSPS) is 10.1. The van der Waals surface area contributed by atoms with Crippen LogP contribution < -0.4 is 10.6 Å². The molecule has 2 amide bonds. The third kappa shape index (κ3) is 3.76. The fourth-order valence-electron chi connectivity index (χ4n) is 1.44. The van der Waals surface area contributed by atoms with E-state index < -0.39 is 11.8 Å². The van der Waals surface area contributed by atoms with Crippen molar-refractivity contribution in [2.45, 2.75) is 0 Å². The van der Waals surface area contributed by atoms with Crippen molar-refractivity contribution >= 4 is 40.7 Å². The average molecular weight is 313 g/mol. The van der Waals surface area contributed by atoms with E-state index >= 15 is 0 Å². The van der Waals surface area contributed by atoms with Gasteiger partial charge in [0.2, 0.25) is 5.91 Å². The molecule has 0 saturated carbocycles. The van der Waals surface area contributed by atoms with Crippen molar-refractivity contribution in [1.82, 2.24) is 5.32 Å². The van der Waals surface area contributed by atoms with Gasteiger partial charge in [-0.3, -0.25) is 9.59 Å². The van der Waals surface area contributed by atoms with Crippen LogP contribution in [0.25, 0.3) is 0 Å². The molecule has 20 heavy (non-hydrogen) atoms. The number of anilines is 1. The Labute approximate surface area is 124 Å². The lowest BCUT2D eigenvalue weighted by molar-refractivity contribution is -0.115. The molecule has 2 aromatic rings. The summed E-state index contributed by atoms with van der Waals surface area (Å²) in [5.41, 5.74) is 0.424. The highest BCUT2D eigenvalue weighted by Gasteiger charge is 2.11. The van der Waals surface area contributed by atoms with Crippen molar-refractivity contribution in [3.63, 3.8) is 0 Å². The van der Waals surface area contributed by atoms with Gasteiger partial charge < -0.3 is 15.1 Å². The largest absolute Gasteiger partial charge is 0.459 e. The molecule has 7 heteroatoms. The van der Waals surface area contributed by atoms with Crippen molar-refractivity contribution in [3.05, 3.63) is 52.4 Å². The van der Waals surface area contributed by atoms with Crippen LogP contribution in [-0.4, -0.2) is 18.4 Å². The highest BCUT2D eigenvalue weighted by atomic mass is 35.5. The summed E-state index contributed by atoms with van der Waals surface area (Å²) in [5.74, 6) is -0.733. The molecule has 0 fully saturated rings. The van der Waals surface area contributed by atoms with Crippen molar-refractivity contribution in [1.29, 1.82) is 0 Å². The van der Waals surface area contributed by atoms with Gasteiger partial charge in [0, 0.05) is 5.02 Å². The molecular formula is C13H10Cl2N2O3. The van der Waals surface area contributed by atoms with Gasteiger partial charge in [-0.05, 0) is 30.3 Å². The first kappa shape index (κ1) is 14.4. The molecule has 0 aliphatic carbocycles. The van der Waals surface area contributed by atoms with E-state index in [-0.39, 0.29) is 12.3 Å². The van der Waals surface area contributed by atoms with Crippen LogP contribution in [0.15, 0.2) is 41.0 Å². The molecule has 1 aromatic carbocycles.